The number of hydrogen-bond acceptors (Lipinski definition) is 9. The molecule has 0 unspecified atom stereocenters. The lowest BCUT2D eigenvalue weighted by molar-refractivity contribution is -0.132. The van der Waals surface area contributed by atoms with E-state index in [1.807, 2.05) is 47.4 Å². The van der Waals surface area contributed by atoms with E-state index in [9.17, 15) is 18.4 Å². The number of rotatable bonds is 9. The molecule has 0 atom stereocenters. The second-order valence-corrected chi connectivity index (χ2v) is 12.3. The first-order valence-corrected chi connectivity index (χ1v) is 14.9. The number of anilines is 2. The number of sulfonamides is 1. The first-order valence-electron chi connectivity index (χ1n) is 13.4. The second-order valence-electron chi connectivity index (χ2n) is 10.0. The summed E-state index contributed by atoms with van der Waals surface area (Å²) in [7, 11) is -4.06. The van der Waals surface area contributed by atoms with Gasteiger partial charge in [0.25, 0.3) is 5.91 Å². The van der Waals surface area contributed by atoms with Gasteiger partial charge in [-0.15, -0.1) is 24.8 Å². The molecule has 0 saturated carbocycles. The lowest BCUT2D eigenvalue weighted by atomic mass is 9.94. The van der Waals surface area contributed by atoms with Gasteiger partial charge in [0.1, 0.15) is 5.75 Å². The number of hydroxylamine groups is 1. The van der Waals surface area contributed by atoms with Crippen LogP contribution in [0.5, 0.6) is 17.2 Å². The number of amides is 1. The lowest BCUT2D eigenvalue weighted by Gasteiger charge is -2.44. The van der Waals surface area contributed by atoms with E-state index in [2.05, 4.69) is 11.8 Å². The maximum atomic E-state index is 13.9. The van der Waals surface area contributed by atoms with Gasteiger partial charge in [0.15, 0.2) is 16.2 Å². The summed E-state index contributed by atoms with van der Waals surface area (Å²) < 4.78 is 44.1. The molecule has 0 spiro atoms. The van der Waals surface area contributed by atoms with Crippen molar-refractivity contribution in [2.45, 2.75) is 37.4 Å². The predicted molar refractivity (Wildman–Crippen MR) is 161 cm³/mol. The van der Waals surface area contributed by atoms with Crippen LogP contribution in [0.4, 0.5) is 11.4 Å². The fraction of sp³-hybridized carbons (Fsp3) is 0.519. The van der Waals surface area contributed by atoms with E-state index in [1.165, 1.54) is 4.31 Å². The Labute approximate surface area is 253 Å². The van der Waals surface area contributed by atoms with Crippen LogP contribution in [0.1, 0.15) is 32.6 Å². The zero-order valence-electron chi connectivity index (χ0n) is 23.0. The van der Waals surface area contributed by atoms with E-state index < -0.39 is 20.7 Å². The first kappa shape index (κ1) is 32.9. The molecule has 228 valence electrons. The van der Waals surface area contributed by atoms with Crippen LogP contribution >= 0.6 is 24.8 Å². The quantitative estimate of drug-likeness (QED) is 0.243. The van der Waals surface area contributed by atoms with Gasteiger partial charge in [0.2, 0.25) is 16.8 Å². The molecule has 2 fully saturated rings. The Morgan fingerprint density at radius 3 is 2.17 bits per heavy atom. The van der Waals surface area contributed by atoms with E-state index in [0.29, 0.717) is 44.3 Å². The van der Waals surface area contributed by atoms with Gasteiger partial charge in [-0.25, -0.2) is 13.9 Å². The van der Waals surface area contributed by atoms with Crippen molar-refractivity contribution in [2.75, 3.05) is 62.5 Å². The van der Waals surface area contributed by atoms with Crippen LogP contribution in [0.15, 0.2) is 42.5 Å². The summed E-state index contributed by atoms with van der Waals surface area (Å²) in [6.07, 6.45) is 2.18. The Bertz CT molecular complexity index is 1270. The van der Waals surface area contributed by atoms with Gasteiger partial charge in [0.05, 0.1) is 6.61 Å². The van der Waals surface area contributed by atoms with Crippen LogP contribution in [0.2, 0.25) is 0 Å². The van der Waals surface area contributed by atoms with Crippen molar-refractivity contribution in [1.29, 1.82) is 0 Å². The Morgan fingerprint density at radius 1 is 0.927 bits per heavy atom. The summed E-state index contributed by atoms with van der Waals surface area (Å²) in [5.74, 6) is 1.25. The Morgan fingerprint density at radius 2 is 1.54 bits per heavy atom. The minimum atomic E-state index is -4.06. The Balaban J connectivity index is 0.00000231. The topological polar surface area (TPSA) is 121 Å². The van der Waals surface area contributed by atoms with Crippen LogP contribution in [-0.2, 0) is 14.8 Å². The average molecular weight is 634 g/mol. The van der Waals surface area contributed by atoms with Gasteiger partial charge in [-0.05, 0) is 55.7 Å². The summed E-state index contributed by atoms with van der Waals surface area (Å²) in [6, 6.07) is 13.4. The second kappa shape index (κ2) is 14.0. The molecule has 2 aromatic rings. The van der Waals surface area contributed by atoms with Crippen molar-refractivity contribution < 1.29 is 32.6 Å². The molecule has 3 aliphatic heterocycles. The molecule has 41 heavy (non-hydrogen) atoms. The van der Waals surface area contributed by atoms with Crippen LogP contribution in [0, 0.1) is 0 Å². The third kappa shape index (κ3) is 6.56. The molecule has 3 aliphatic rings. The van der Waals surface area contributed by atoms with Crippen LogP contribution in [-0.4, -0.2) is 81.3 Å². The Hall–Kier alpha value is -2.64. The number of piperazine rings is 1. The van der Waals surface area contributed by atoms with Gasteiger partial charge in [0, 0.05) is 56.7 Å². The fourth-order valence-electron chi connectivity index (χ4n) is 5.43. The number of hydrogen-bond donors (Lipinski definition) is 2. The van der Waals surface area contributed by atoms with E-state index in [1.54, 1.807) is 5.48 Å². The van der Waals surface area contributed by atoms with E-state index in [4.69, 9.17) is 14.2 Å². The number of fused-ring (bicyclic) bond motifs is 1. The normalized spacial score (nSPS) is 18.2. The number of ether oxygens (including phenoxy) is 3. The van der Waals surface area contributed by atoms with Crippen LogP contribution < -0.4 is 29.5 Å². The number of piperidine rings is 1. The average Bonchev–Trinajstić information content (AvgIpc) is 3.45. The number of nitrogens with zero attached hydrogens (tertiary/aromatic N) is 3. The molecule has 11 nitrogen and oxygen atoms in total. The van der Waals surface area contributed by atoms with Gasteiger partial charge in [-0.2, -0.15) is 4.31 Å². The zero-order chi connectivity index (χ0) is 27.5. The number of unbranched alkanes of at least 4 members (excludes halogenated alkanes) is 1. The van der Waals surface area contributed by atoms with Gasteiger partial charge in [-0.1, -0.05) is 13.3 Å². The molecule has 2 saturated heterocycles. The molecule has 0 bridgehead atoms. The Kier molecular flexibility index (Phi) is 11.2. The fourth-order valence-corrected chi connectivity index (χ4v) is 7.55. The largest absolute Gasteiger partial charge is 0.494 e. The van der Waals surface area contributed by atoms with Gasteiger partial charge >= 0.3 is 0 Å². The van der Waals surface area contributed by atoms with Crippen LogP contribution in [0.25, 0.3) is 0 Å². The molecule has 14 heteroatoms. The molecule has 1 amide bonds. The SMILES string of the molecule is CCCCOc1ccc(N2CCN(S(=O)(=O)C3(C(=O)NO)CCN(c4ccc5c(c4)OCO5)CC3)CC2)cc1.Cl.Cl. The highest BCUT2D eigenvalue weighted by atomic mass is 35.5. The zero-order valence-corrected chi connectivity index (χ0v) is 25.4. The van der Waals surface area contributed by atoms with Crippen LogP contribution in [0.3, 0.4) is 0 Å². The molecular formula is C27H38Cl2N4O7S. The lowest BCUT2D eigenvalue weighted by Crippen LogP contribution is -2.63. The molecule has 3 heterocycles. The highest BCUT2D eigenvalue weighted by Crippen LogP contribution is 2.39. The van der Waals surface area contributed by atoms with Crippen molar-refractivity contribution in [2.24, 2.45) is 0 Å². The number of halogens is 2. The first-order chi connectivity index (χ1) is 18.9. The predicted octanol–water partition coefficient (Wildman–Crippen LogP) is 3.43. The molecular weight excluding hydrogens is 595 g/mol. The highest BCUT2D eigenvalue weighted by molar-refractivity contribution is 7.91. The molecule has 5 rings (SSSR count). The van der Waals surface area contributed by atoms with Crippen molar-refractivity contribution in [1.82, 2.24) is 9.79 Å². The minimum Gasteiger partial charge on any atom is -0.494 e. The minimum absolute atomic E-state index is 0. The molecule has 0 radical (unpaired) electrons. The van der Waals surface area contributed by atoms with Crippen molar-refractivity contribution >= 4 is 52.1 Å². The molecule has 2 aromatic carbocycles. The maximum absolute atomic E-state index is 13.9. The maximum Gasteiger partial charge on any atom is 0.266 e. The summed E-state index contributed by atoms with van der Waals surface area (Å²) >= 11 is 0. The number of benzene rings is 2. The number of nitrogens with one attached hydrogen (secondary N) is 1. The third-order valence-electron chi connectivity index (χ3n) is 7.85. The number of carbonyl (C=O) groups is 1. The van der Waals surface area contributed by atoms with Crippen molar-refractivity contribution in [3.63, 3.8) is 0 Å². The van der Waals surface area contributed by atoms with Gasteiger partial charge in [-0.3, -0.25) is 10.0 Å². The van der Waals surface area contributed by atoms with E-state index in [0.717, 1.165) is 30.0 Å². The van der Waals surface area contributed by atoms with E-state index in [-0.39, 0.29) is 57.5 Å². The summed E-state index contributed by atoms with van der Waals surface area (Å²) in [5, 5.41) is 9.54. The summed E-state index contributed by atoms with van der Waals surface area (Å²) in [4.78, 5) is 17.1. The summed E-state index contributed by atoms with van der Waals surface area (Å²) in [6.45, 7) is 5.14. The highest BCUT2D eigenvalue weighted by Gasteiger charge is 2.55. The molecule has 0 aromatic heterocycles. The monoisotopic (exact) mass is 632 g/mol. The molecule has 0 aliphatic carbocycles. The van der Waals surface area contributed by atoms with Crippen molar-refractivity contribution in [3.8, 4) is 17.2 Å². The van der Waals surface area contributed by atoms with E-state index >= 15 is 0 Å². The van der Waals surface area contributed by atoms with Gasteiger partial charge < -0.3 is 24.0 Å². The summed E-state index contributed by atoms with van der Waals surface area (Å²) in [5.41, 5.74) is 3.51. The van der Waals surface area contributed by atoms with Crippen molar-refractivity contribution in [3.05, 3.63) is 42.5 Å². The standard InChI is InChI=1S/C27H36N4O7S.2ClH/c1-2-3-18-36-23-7-4-21(5-8-23)30-14-16-31(17-15-30)39(34,35)27(26(32)28-33)10-12-29(13-11-27)22-6-9-24-25(19-22)38-20-37-24;;/h4-9,19,33H,2-3,10-18,20H2,1H3,(H,28,32);2*1H. The smallest absolute Gasteiger partial charge is 0.266 e. The number of carbonyl (C=O) groups excluding carboxylic acids is 1. The molecule has 2 N–H and O–H groups in total. The third-order valence-corrected chi connectivity index (χ3v) is 10.5.